The van der Waals surface area contributed by atoms with E-state index in [4.69, 9.17) is 15.0 Å². The molecule has 10 heteroatoms. The molecule has 0 aliphatic heterocycles. The third kappa shape index (κ3) is 13.5. The van der Waals surface area contributed by atoms with Gasteiger partial charge < -0.3 is 24.5 Å². The van der Waals surface area contributed by atoms with E-state index in [2.05, 4.69) is 45.3 Å². The van der Waals surface area contributed by atoms with Crippen molar-refractivity contribution < 1.29 is 18.7 Å². The van der Waals surface area contributed by atoms with Gasteiger partial charge in [-0.05, 0) is 31.7 Å². The number of fused-ring (bicyclic) bond motifs is 1. The van der Waals surface area contributed by atoms with Gasteiger partial charge in [0.2, 0.25) is 0 Å². The number of nitrogens with two attached hydrogens (primary N) is 1. The molecule has 2 aromatic heterocycles. The molecule has 41 heavy (non-hydrogen) atoms. The number of nitrogen functional groups attached to an aromatic ring is 1. The Morgan fingerprint density at radius 3 is 2.07 bits per heavy atom. The van der Waals surface area contributed by atoms with Crippen molar-refractivity contribution in [2.75, 3.05) is 18.7 Å². The average molecular weight is 588 g/mol. The summed E-state index contributed by atoms with van der Waals surface area (Å²) in [5, 5.41) is 0. The second-order valence-electron chi connectivity index (χ2n) is 11.1. The Balaban J connectivity index is 1.08. The number of aryl methyl sites for hydroxylation is 1. The van der Waals surface area contributed by atoms with E-state index in [1.54, 1.807) is 10.9 Å². The molecule has 0 aliphatic carbocycles. The highest BCUT2D eigenvalue weighted by Crippen LogP contribution is 2.42. The zero-order valence-corrected chi connectivity index (χ0v) is 25.7. The van der Waals surface area contributed by atoms with Crippen molar-refractivity contribution in [3.05, 3.63) is 48.5 Å². The molecule has 228 valence electrons. The smallest absolute Gasteiger partial charge is 0.353 e. The number of anilines is 1. The maximum absolute atomic E-state index is 12.3. The van der Waals surface area contributed by atoms with Crippen LogP contribution in [0.3, 0.4) is 0 Å². The summed E-state index contributed by atoms with van der Waals surface area (Å²) in [6, 6.07) is 10.8. The quantitative estimate of drug-likeness (QED) is 0.0855. The number of hydrogen-bond donors (Lipinski definition) is 2. The standard InChI is InChI=1S/C31H50N5O4P/c1-27(23-36-25-35-29-30(32)33-24-34-31(29)36)39-26-41(37,38)40-22-18-13-11-9-7-5-3-2-4-6-8-10-12-15-19-28-20-16-14-17-21-28/h14,16-17,20-21,24-25,27H,2-13,15,18-19,22-23,26H2,1H3,(H,37,38)(H2,32,33,34)/t27-/m1/s1. The summed E-state index contributed by atoms with van der Waals surface area (Å²) in [4.78, 5) is 22.5. The van der Waals surface area contributed by atoms with E-state index < -0.39 is 7.60 Å². The summed E-state index contributed by atoms with van der Waals surface area (Å²) in [6.07, 6.45) is 21.1. The molecule has 2 atom stereocenters. The van der Waals surface area contributed by atoms with Crippen LogP contribution in [-0.2, 0) is 26.8 Å². The van der Waals surface area contributed by atoms with Crippen LogP contribution in [-0.4, -0.2) is 43.5 Å². The number of rotatable bonds is 23. The minimum Gasteiger partial charge on any atom is -0.382 e. The molecular formula is C31H50N5O4P. The van der Waals surface area contributed by atoms with Crippen molar-refractivity contribution in [1.82, 2.24) is 19.5 Å². The van der Waals surface area contributed by atoms with Gasteiger partial charge in [-0.3, -0.25) is 4.57 Å². The molecule has 0 saturated heterocycles. The number of imidazole rings is 1. The Hall–Kier alpha value is -2.32. The molecule has 0 fully saturated rings. The van der Waals surface area contributed by atoms with Gasteiger partial charge >= 0.3 is 7.60 Å². The zero-order chi connectivity index (χ0) is 29.2. The van der Waals surface area contributed by atoms with Crippen LogP contribution in [0.4, 0.5) is 5.82 Å². The van der Waals surface area contributed by atoms with E-state index in [9.17, 15) is 9.46 Å². The Morgan fingerprint density at radius 1 is 0.854 bits per heavy atom. The van der Waals surface area contributed by atoms with Crippen molar-refractivity contribution in [3.8, 4) is 0 Å². The normalized spacial score (nSPS) is 13.9. The van der Waals surface area contributed by atoms with E-state index in [1.807, 2.05) is 6.92 Å². The molecule has 0 saturated carbocycles. The predicted octanol–water partition coefficient (Wildman–Crippen LogP) is 7.68. The van der Waals surface area contributed by atoms with E-state index in [-0.39, 0.29) is 19.1 Å². The van der Waals surface area contributed by atoms with Crippen molar-refractivity contribution >= 4 is 24.6 Å². The van der Waals surface area contributed by atoms with Gasteiger partial charge in [0, 0.05) is 0 Å². The molecule has 9 nitrogen and oxygen atoms in total. The fraction of sp³-hybridized carbons (Fsp3) is 0.645. The van der Waals surface area contributed by atoms with Crippen LogP contribution in [0.15, 0.2) is 43.0 Å². The molecule has 1 aromatic carbocycles. The van der Waals surface area contributed by atoms with Crippen LogP contribution < -0.4 is 5.73 Å². The summed E-state index contributed by atoms with van der Waals surface area (Å²) in [5.41, 5.74) is 8.41. The van der Waals surface area contributed by atoms with Crippen LogP contribution in [0.1, 0.15) is 102 Å². The largest absolute Gasteiger partial charge is 0.382 e. The summed E-state index contributed by atoms with van der Waals surface area (Å²) >= 11 is 0. The van der Waals surface area contributed by atoms with Gasteiger partial charge in [0.05, 0.1) is 25.6 Å². The number of nitrogens with zero attached hydrogens (tertiary/aromatic N) is 4. The lowest BCUT2D eigenvalue weighted by Crippen LogP contribution is -2.17. The van der Waals surface area contributed by atoms with Crippen LogP contribution in [0.5, 0.6) is 0 Å². The monoisotopic (exact) mass is 587 g/mol. The van der Waals surface area contributed by atoms with E-state index >= 15 is 0 Å². The van der Waals surface area contributed by atoms with Crippen LogP contribution in [0.2, 0.25) is 0 Å². The van der Waals surface area contributed by atoms with Crippen molar-refractivity contribution in [2.45, 2.75) is 116 Å². The number of unbranched alkanes of at least 4 members (excludes halogenated alkanes) is 13. The first-order valence-corrected chi connectivity index (χ1v) is 17.2. The van der Waals surface area contributed by atoms with E-state index in [0.29, 0.717) is 23.5 Å². The highest BCUT2D eigenvalue weighted by Gasteiger charge is 2.21. The molecule has 1 unspecified atom stereocenters. The summed E-state index contributed by atoms with van der Waals surface area (Å²) in [6.45, 7) is 2.52. The van der Waals surface area contributed by atoms with Gasteiger partial charge in [-0.1, -0.05) is 107 Å². The summed E-state index contributed by atoms with van der Waals surface area (Å²) in [7, 11) is -3.79. The Kier molecular flexibility index (Phi) is 15.4. The van der Waals surface area contributed by atoms with Gasteiger partial charge in [0.25, 0.3) is 0 Å². The molecule has 0 bridgehead atoms. The van der Waals surface area contributed by atoms with Crippen LogP contribution in [0, 0.1) is 0 Å². The highest BCUT2D eigenvalue weighted by molar-refractivity contribution is 7.52. The Labute approximate surface area is 245 Å². The van der Waals surface area contributed by atoms with E-state index in [1.165, 1.54) is 88.9 Å². The molecule has 0 radical (unpaired) electrons. The third-order valence-corrected chi connectivity index (χ3v) is 8.46. The zero-order valence-electron chi connectivity index (χ0n) is 24.8. The first-order chi connectivity index (χ1) is 19.9. The second-order valence-corrected chi connectivity index (χ2v) is 12.9. The minimum absolute atomic E-state index is 0.278. The summed E-state index contributed by atoms with van der Waals surface area (Å²) in [5.74, 6) is 0.317. The third-order valence-electron chi connectivity index (χ3n) is 7.40. The van der Waals surface area contributed by atoms with Crippen molar-refractivity contribution in [1.29, 1.82) is 0 Å². The van der Waals surface area contributed by atoms with Gasteiger partial charge in [-0.15, -0.1) is 0 Å². The first kappa shape index (κ1) is 33.2. The fourth-order valence-corrected chi connectivity index (χ4v) is 5.96. The lowest BCUT2D eigenvalue weighted by atomic mass is 10.0. The van der Waals surface area contributed by atoms with Crippen LogP contribution in [0.25, 0.3) is 11.2 Å². The average Bonchev–Trinajstić information content (AvgIpc) is 3.38. The lowest BCUT2D eigenvalue weighted by Gasteiger charge is -2.17. The fourth-order valence-electron chi connectivity index (χ4n) is 5.03. The van der Waals surface area contributed by atoms with Crippen LogP contribution >= 0.6 is 7.60 Å². The maximum atomic E-state index is 12.3. The van der Waals surface area contributed by atoms with Gasteiger partial charge in [0.1, 0.15) is 18.2 Å². The Morgan fingerprint density at radius 2 is 1.44 bits per heavy atom. The summed E-state index contributed by atoms with van der Waals surface area (Å²) < 4.78 is 25.0. The highest BCUT2D eigenvalue weighted by atomic mass is 31.2. The molecule has 0 amide bonds. The molecule has 0 spiro atoms. The molecule has 3 aromatic rings. The minimum atomic E-state index is -3.79. The van der Waals surface area contributed by atoms with Gasteiger partial charge in [-0.2, -0.15) is 0 Å². The number of aromatic nitrogens is 4. The molecule has 3 N–H and O–H groups in total. The molecule has 2 heterocycles. The number of ether oxygens (including phenoxy) is 1. The molecule has 0 aliphatic rings. The molecule has 3 rings (SSSR count). The van der Waals surface area contributed by atoms with Gasteiger partial charge in [0.15, 0.2) is 11.5 Å². The first-order valence-electron chi connectivity index (χ1n) is 15.5. The van der Waals surface area contributed by atoms with Crippen molar-refractivity contribution in [3.63, 3.8) is 0 Å². The topological polar surface area (TPSA) is 125 Å². The van der Waals surface area contributed by atoms with E-state index in [0.717, 1.165) is 19.3 Å². The lowest BCUT2D eigenvalue weighted by molar-refractivity contribution is 0.0715. The second kappa shape index (κ2) is 19.0. The number of benzene rings is 1. The van der Waals surface area contributed by atoms with Crippen molar-refractivity contribution in [2.24, 2.45) is 0 Å². The predicted molar refractivity (Wildman–Crippen MR) is 166 cm³/mol. The number of hydrogen-bond acceptors (Lipinski definition) is 7. The maximum Gasteiger partial charge on any atom is 0.353 e. The Bertz CT molecular complexity index is 1160. The SMILES string of the molecule is C[C@H](Cn1cnc2c(N)ncnc21)OCP(=O)(O)OCCCCCCCCCCCCCCCCc1ccccc1. The molecular weight excluding hydrogens is 537 g/mol. The van der Waals surface area contributed by atoms with Gasteiger partial charge in [-0.25, -0.2) is 15.0 Å².